The van der Waals surface area contributed by atoms with Crippen molar-refractivity contribution in [3.8, 4) is 0 Å². The molecule has 4 N–H and O–H groups in total. The van der Waals surface area contributed by atoms with Crippen molar-refractivity contribution < 1.29 is 76.8 Å². The van der Waals surface area contributed by atoms with Crippen molar-refractivity contribution >= 4 is 29.6 Å². The summed E-state index contributed by atoms with van der Waals surface area (Å²) in [5.41, 5.74) is 4.27. The summed E-state index contributed by atoms with van der Waals surface area (Å²) in [5, 5.41) is 23.6. The Morgan fingerprint density at radius 2 is 1.67 bits per heavy atom. The number of nitrogens with two attached hydrogens (primary N) is 1. The molecule has 4 aliphatic rings. The van der Waals surface area contributed by atoms with Gasteiger partial charge < -0.3 is 63.5 Å². The average molecular weight is 857 g/mol. The number of aliphatic hydroxyl groups excluding tert-OH is 1. The molecule has 60 heavy (non-hydrogen) atoms. The summed E-state index contributed by atoms with van der Waals surface area (Å²) in [7, 11) is 4.77. The van der Waals surface area contributed by atoms with Crippen molar-refractivity contribution in [2.75, 3.05) is 21.2 Å². The number of primary amides is 1. The number of methoxy groups -OCH3 is 1. The van der Waals surface area contributed by atoms with Gasteiger partial charge in [0.25, 0.3) is 0 Å². The molecular formula is C42H68N2O16. The maximum absolute atomic E-state index is 13.4. The molecule has 4 aliphatic heterocycles. The van der Waals surface area contributed by atoms with Crippen LogP contribution in [0.2, 0.25) is 0 Å². The molecule has 17 atom stereocenters. The monoisotopic (exact) mass is 856 g/mol. The first-order valence-corrected chi connectivity index (χ1v) is 20.9. The Morgan fingerprint density at radius 3 is 2.25 bits per heavy atom. The van der Waals surface area contributed by atoms with Crippen LogP contribution in [0.1, 0.15) is 93.9 Å². The number of fused-ring (bicyclic) bond motifs is 1. The molecule has 3 fully saturated rings. The van der Waals surface area contributed by atoms with E-state index >= 15 is 0 Å². The van der Waals surface area contributed by atoms with Crippen molar-refractivity contribution in [3.05, 3.63) is 12.2 Å². The minimum absolute atomic E-state index is 0.0337. The minimum atomic E-state index is -1.52. The fraction of sp³-hybridized carbons (Fsp3) is 0.833. The zero-order chi connectivity index (χ0) is 44.8. The number of rotatable bonds is 12. The summed E-state index contributed by atoms with van der Waals surface area (Å²) in [5.74, 6) is -4.37. The van der Waals surface area contributed by atoms with Crippen LogP contribution in [-0.4, -0.2) is 157 Å². The van der Waals surface area contributed by atoms with E-state index < -0.39 is 121 Å². The van der Waals surface area contributed by atoms with E-state index in [1.165, 1.54) is 20.1 Å². The Kier molecular flexibility index (Phi) is 17.6. The number of aliphatic hydroxyl groups is 2. The van der Waals surface area contributed by atoms with Crippen LogP contribution in [0.3, 0.4) is 0 Å². The van der Waals surface area contributed by atoms with E-state index in [4.69, 9.17) is 48.4 Å². The van der Waals surface area contributed by atoms with E-state index in [9.17, 15) is 34.2 Å². The highest BCUT2D eigenvalue weighted by atomic mass is 16.7. The third-order valence-electron chi connectivity index (χ3n) is 11.5. The predicted octanol–water partition coefficient (Wildman–Crippen LogP) is 1.72. The zero-order valence-electron chi connectivity index (χ0n) is 36.8. The van der Waals surface area contributed by atoms with Crippen molar-refractivity contribution in [3.63, 3.8) is 0 Å². The molecule has 3 saturated heterocycles. The summed E-state index contributed by atoms with van der Waals surface area (Å²) >= 11 is 0. The smallest absolute Gasteiger partial charge is 0.309 e. The maximum Gasteiger partial charge on any atom is 0.309 e. The van der Waals surface area contributed by atoms with Crippen molar-refractivity contribution in [1.82, 2.24) is 4.90 Å². The molecule has 18 heteroatoms. The molecule has 0 bridgehead atoms. The highest BCUT2D eigenvalue weighted by Crippen LogP contribution is 2.38. The highest BCUT2D eigenvalue weighted by Gasteiger charge is 2.53. The van der Waals surface area contributed by atoms with Gasteiger partial charge in [-0.05, 0) is 72.2 Å². The lowest BCUT2D eigenvalue weighted by atomic mass is 9.82. The fourth-order valence-corrected chi connectivity index (χ4v) is 8.62. The molecular weight excluding hydrogens is 788 g/mol. The van der Waals surface area contributed by atoms with Gasteiger partial charge in [-0.15, -0.1) is 0 Å². The van der Waals surface area contributed by atoms with E-state index in [1.54, 1.807) is 59.7 Å². The van der Waals surface area contributed by atoms with Crippen LogP contribution < -0.4 is 5.73 Å². The third kappa shape index (κ3) is 13.5. The summed E-state index contributed by atoms with van der Waals surface area (Å²) < 4.78 is 54.2. The van der Waals surface area contributed by atoms with Crippen LogP contribution in [0.4, 0.5) is 0 Å². The quantitative estimate of drug-likeness (QED) is 0.144. The number of carbonyl (C=O) groups is 5. The minimum Gasteiger partial charge on any atom is -0.462 e. The van der Waals surface area contributed by atoms with Crippen LogP contribution >= 0.6 is 0 Å². The van der Waals surface area contributed by atoms with Gasteiger partial charge in [0.05, 0.1) is 36.9 Å². The molecule has 0 aromatic rings. The molecule has 0 aliphatic carbocycles. The van der Waals surface area contributed by atoms with Gasteiger partial charge in [-0.25, -0.2) is 0 Å². The van der Waals surface area contributed by atoms with Gasteiger partial charge in [-0.1, -0.05) is 20.8 Å². The lowest BCUT2D eigenvalue weighted by molar-refractivity contribution is -0.344. The second kappa shape index (κ2) is 21.3. The van der Waals surface area contributed by atoms with E-state index in [0.717, 1.165) is 0 Å². The molecule has 0 radical (unpaired) electrons. The number of cyclic esters (lactones) is 1. The highest BCUT2D eigenvalue weighted by molar-refractivity contribution is 5.91. The molecule has 4 rings (SSSR count). The summed E-state index contributed by atoms with van der Waals surface area (Å²) in [6.07, 6.45) is -9.48. The van der Waals surface area contributed by atoms with Gasteiger partial charge in [-0.2, -0.15) is 0 Å². The zero-order valence-corrected chi connectivity index (χ0v) is 36.8. The molecule has 0 saturated carbocycles. The Balaban J connectivity index is 1.66. The Bertz CT molecular complexity index is 1520. The van der Waals surface area contributed by atoms with Crippen LogP contribution in [0.15, 0.2) is 12.2 Å². The lowest BCUT2D eigenvalue weighted by Crippen LogP contribution is -2.66. The molecule has 0 aromatic carbocycles. The van der Waals surface area contributed by atoms with E-state index in [0.29, 0.717) is 6.42 Å². The first-order valence-electron chi connectivity index (χ1n) is 20.9. The summed E-state index contributed by atoms with van der Waals surface area (Å²) in [6, 6.07) is -0.828. The van der Waals surface area contributed by atoms with Crippen molar-refractivity contribution in [2.24, 2.45) is 23.5 Å². The van der Waals surface area contributed by atoms with Gasteiger partial charge in [0.1, 0.15) is 42.2 Å². The van der Waals surface area contributed by atoms with Gasteiger partial charge in [0.2, 0.25) is 5.91 Å². The number of hydrogen-bond donors (Lipinski definition) is 3. The number of ether oxygens (including phenoxy) is 9. The third-order valence-corrected chi connectivity index (χ3v) is 11.5. The Hall–Kier alpha value is -3.07. The molecule has 0 unspecified atom stereocenters. The first-order chi connectivity index (χ1) is 28.0. The molecule has 342 valence electrons. The van der Waals surface area contributed by atoms with E-state index in [1.807, 2.05) is 13.8 Å². The number of allylic oxidation sites excluding steroid dienone is 1. The largest absolute Gasteiger partial charge is 0.462 e. The lowest BCUT2D eigenvalue weighted by Gasteiger charge is -2.50. The molecule has 18 nitrogen and oxygen atoms in total. The van der Waals surface area contributed by atoms with Gasteiger partial charge in [-0.3, -0.25) is 24.0 Å². The topological polar surface area (TPSA) is 241 Å². The second-order valence-electron chi connectivity index (χ2n) is 17.8. The van der Waals surface area contributed by atoms with Crippen molar-refractivity contribution in [2.45, 2.75) is 185 Å². The molecule has 4 heterocycles. The number of ketones is 1. The average Bonchev–Trinajstić information content (AvgIpc) is 3.85. The van der Waals surface area contributed by atoms with E-state index in [2.05, 4.69) is 0 Å². The predicted molar refractivity (Wildman–Crippen MR) is 212 cm³/mol. The van der Waals surface area contributed by atoms with Gasteiger partial charge >= 0.3 is 17.9 Å². The van der Waals surface area contributed by atoms with Crippen LogP contribution in [0.25, 0.3) is 0 Å². The normalized spacial score (nSPS) is 41.2. The van der Waals surface area contributed by atoms with Crippen LogP contribution in [-0.2, 0) is 66.6 Å². The standard InChI is InChI=1S/C42H68N2O16/c1-20(2)14-32(48)58-40-24(6)54-34(19-42(40,8)51)59-37-23(5)55-41(36(50)35(37)44(9)10)60-38-26(17-31(43)47)15-21(3)27(46)12-13-28-29(57-28)16-22(4)53-33(49)18-30(39(38)52-11)56-25(7)45/h12-13,20-24,26,28-30,34-41,50-51H,14-19H2,1-11H3,(H2,43,47)/b13-12+/t21-,22-,23-,24+,26-,28+,29+,30-,34+,35-,36-,37-,38+,39+,40+,41+,42-/m1/s1. The Morgan fingerprint density at radius 1 is 0.983 bits per heavy atom. The first kappa shape index (κ1) is 49.6. The second-order valence-corrected chi connectivity index (χ2v) is 17.8. The van der Waals surface area contributed by atoms with E-state index in [-0.39, 0.29) is 49.6 Å². The van der Waals surface area contributed by atoms with Crippen LogP contribution in [0.5, 0.6) is 0 Å². The number of hydrogen-bond acceptors (Lipinski definition) is 17. The number of likely N-dealkylation sites (N-methyl/N-ethyl adjacent to an activating group) is 1. The molecule has 1 amide bonds. The molecule has 0 spiro atoms. The van der Waals surface area contributed by atoms with Crippen molar-refractivity contribution in [1.29, 1.82) is 0 Å². The fourth-order valence-electron chi connectivity index (χ4n) is 8.62. The van der Waals surface area contributed by atoms with Gasteiger partial charge in [0.15, 0.2) is 24.5 Å². The number of carbonyl (C=O) groups excluding carboxylic acids is 5. The number of amides is 1. The van der Waals surface area contributed by atoms with Crippen LogP contribution in [0, 0.1) is 17.8 Å². The number of nitrogens with zero attached hydrogens (tertiary/aromatic N) is 1. The molecule has 0 aromatic heterocycles. The number of esters is 3. The maximum atomic E-state index is 13.4. The Labute approximate surface area is 353 Å². The van der Waals surface area contributed by atoms with Gasteiger partial charge in [0, 0.05) is 45.6 Å². The number of epoxide rings is 1. The SMILES string of the molecule is CO[C@@H]1[C@@H](O[C@@H]2O[C@H](C)[C@@H](O[C@H]3C[C@@](C)(O)[C@@H](OC(=O)CC(C)C)[C@H](C)O3)[C@H](N(C)C)[C@H]2O)[C@@H](CC(N)=O)C[C@@H](C)C(=O)/C=C/[C@@H]2O[C@H]2C[C@@H](C)OC(=O)C[C@H]1OC(C)=O. The summed E-state index contributed by atoms with van der Waals surface area (Å²) in [6.45, 7) is 13.3. The summed E-state index contributed by atoms with van der Waals surface area (Å²) in [4.78, 5) is 66.3.